The van der Waals surface area contributed by atoms with E-state index in [0.717, 1.165) is 30.5 Å². The number of fused-ring (bicyclic) bond motifs is 1. The van der Waals surface area contributed by atoms with Crippen molar-refractivity contribution in [2.24, 2.45) is 0 Å². The fourth-order valence-electron chi connectivity index (χ4n) is 2.21. The molecule has 2 aromatic rings. The average molecular weight is 280 g/mol. The van der Waals surface area contributed by atoms with E-state index in [0.29, 0.717) is 11.6 Å². The summed E-state index contributed by atoms with van der Waals surface area (Å²) in [6.45, 7) is 0. The number of aromatic amines is 1. The molecular formula is C13H11ClFN3O. The second-order valence-corrected chi connectivity index (χ2v) is 4.85. The molecule has 0 unspecified atom stereocenters. The molecule has 0 atom stereocenters. The highest BCUT2D eigenvalue weighted by Gasteiger charge is 2.17. The van der Waals surface area contributed by atoms with E-state index in [-0.39, 0.29) is 10.6 Å². The highest BCUT2D eigenvalue weighted by atomic mass is 35.5. The quantitative estimate of drug-likeness (QED) is 0.889. The molecule has 1 aromatic carbocycles. The fourth-order valence-corrected chi connectivity index (χ4v) is 2.33. The lowest BCUT2D eigenvalue weighted by Crippen LogP contribution is -2.16. The average Bonchev–Trinajstić information content (AvgIpc) is 2.82. The number of anilines is 2. The van der Waals surface area contributed by atoms with Crippen LogP contribution in [0.25, 0.3) is 0 Å². The molecular weight excluding hydrogens is 269 g/mol. The maximum Gasteiger partial charge on any atom is 0.255 e. The van der Waals surface area contributed by atoms with E-state index < -0.39 is 5.82 Å². The number of hydrogen-bond acceptors (Lipinski definition) is 3. The maximum absolute atomic E-state index is 13.3. The summed E-state index contributed by atoms with van der Waals surface area (Å²) in [4.78, 5) is 18.8. The molecule has 1 aliphatic rings. The van der Waals surface area contributed by atoms with Crippen molar-refractivity contribution in [2.75, 3.05) is 5.32 Å². The van der Waals surface area contributed by atoms with Gasteiger partial charge in [0.25, 0.3) is 5.56 Å². The highest BCUT2D eigenvalue weighted by molar-refractivity contribution is 6.30. The number of halogens is 2. The summed E-state index contributed by atoms with van der Waals surface area (Å²) in [7, 11) is 0. The smallest absolute Gasteiger partial charge is 0.255 e. The summed E-state index contributed by atoms with van der Waals surface area (Å²) in [5, 5.41) is 2.93. The number of hydrogen-bond donors (Lipinski definition) is 2. The lowest BCUT2D eigenvalue weighted by molar-refractivity contribution is 0.629. The number of H-pyrrole nitrogens is 1. The Morgan fingerprint density at radius 3 is 3.00 bits per heavy atom. The molecule has 4 nitrogen and oxygen atoms in total. The summed E-state index contributed by atoms with van der Waals surface area (Å²) in [6.07, 6.45) is 2.53. The minimum atomic E-state index is -0.518. The molecule has 1 heterocycles. The molecule has 0 bridgehead atoms. The summed E-state index contributed by atoms with van der Waals surface area (Å²) in [5.74, 6) is -0.192. The van der Waals surface area contributed by atoms with E-state index >= 15 is 0 Å². The van der Waals surface area contributed by atoms with Crippen molar-refractivity contribution in [3.63, 3.8) is 0 Å². The summed E-state index contributed by atoms with van der Waals surface area (Å²) >= 11 is 5.61. The van der Waals surface area contributed by atoms with Gasteiger partial charge >= 0.3 is 0 Å². The van der Waals surface area contributed by atoms with Crippen LogP contribution in [0.15, 0.2) is 23.0 Å². The Kier molecular flexibility index (Phi) is 2.98. The van der Waals surface area contributed by atoms with Crippen LogP contribution >= 0.6 is 11.6 Å². The molecule has 98 valence electrons. The van der Waals surface area contributed by atoms with Crippen LogP contribution < -0.4 is 10.9 Å². The molecule has 0 saturated heterocycles. The van der Waals surface area contributed by atoms with Crippen molar-refractivity contribution >= 4 is 23.2 Å². The number of benzene rings is 1. The van der Waals surface area contributed by atoms with Crippen molar-refractivity contribution < 1.29 is 4.39 Å². The molecule has 0 fully saturated rings. The Labute approximate surface area is 113 Å². The van der Waals surface area contributed by atoms with E-state index in [4.69, 9.17) is 11.6 Å². The maximum atomic E-state index is 13.3. The van der Waals surface area contributed by atoms with Crippen molar-refractivity contribution in [1.29, 1.82) is 0 Å². The van der Waals surface area contributed by atoms with Gasteiger partial charge in [0.2, 0.25) is 5.95 Å². The third-order valence-electron chi connectivity index (χ3n) is 3.12. The predicted octanol–water partition coefficient (Wildman–Crippen LogP) is 2.79. The van der Waals surface area contributed by atoms with Crippen LogP contribution in [0.5, 0.6) is 0 Å². The topological polar surface area (TPSA) is 57.8 Å². The van der Waals surface area contributed by atoms with E-state index in [1.807, 2.05) is 0 Å². The van der Waals surface area contributed by atoms with Gasteiger partial charge in [-0.25, -0.2) is 9.37 Å². The lowest BCUT2D eigenvalue weighted by atomic mass is 10.2. The van der Waals surface area contributed by atoms with Gasteiger partial charge in [0, 0.05) is 11.3 Å². The molecule has 0 amide bonds. The normalized spacial score (nSPS) is 13.4. The van der Waals surface area contributed by atoms with E-state index in [9.17, 15) is 9.18 Å². The largest absolute Gasteiger partial charge is 0.326 e. The van der Waals surface area contributed by atoms with Crippen LogP contribution in [-0.2, 0) is 12.8 Å². The number of rotatable bonds is 2. The van der Waals surface area contributed by atoms with Crippen molar-refractivity contribution in [1.82, 2.24) is 9.97 Å². The van der Waals surface area contributed by atoms with Gasteiger partial charge in [0.05, 0.1) is 10.7 Å². The third-order valence-corrected chi connectivity index (χ3v) is 3.43. The summed E-state index contributed by atoms with van der Waals surface area (Å²) in [6, 6.07) is 4.33. The number of nitrogens with one attached hydrogen (secondary N) is 2. The van der Waals surface area contributed by atoms with Gasteiger partial charge in [-0.3, -0.25) is 9.78 Å². The van der Waals surface area contributed by atoms with Gasteiger partial charge in [0.1, 0.15) is 5.82 Å². The standard InChI is InChI=1S/C13H11ClFN3O/c14-9-5-4-7(6-10(9)15)16-13-17-11-3-1-2-8(11)12(19)18-13/h4-6H,1-3H2,(H2,16,17,18,19). The Balaban J connectivity index is 1.93. The first kappa shape index (κ1) is 12.2. The first-order valence-corrected chi connectivity index (χ1v) is 6.35. The molecule has 19 heavy (non-hydrogen) atoms. The number of nitrogens with zero attached hydrogens (tertiary/aromatic N) is 1. The molecule has 6 heteroatoms. The SMILES string of the molecule is O=c1[nH]c(Nc2ccc(Cl)c(F)c2)nc2c1CCC2. The summed E-state index contributed by atoms with van der Waals surface area (Å²) in [5.41, 5.74) is 1.94. The molecule has 0 aliphatic heterocycles. The van der Waals surface area contributed by atoms with Gasteiger partial charge in [-0.2, -0.15) is 0 Å². The molecule has 1 aromatic heterocycles. The molecule has 2 N–H and O–H groups in total. The van der Waals surface area contributed by atoms with Crippen molar-refractivity contribution in [3.8, 4) is 0 Å². The second kappa shape index (κ2) is 4.66. The van der Waals surface area contributed by atoms with Gasteiger partial charge < -0.3 is 5.32 Å². The number of aromatic nitrogens is 2. The Morgan fingerprint density at radius 1 is 1.37 bits per heavy atom. The van der Waals surface area contributed by atoms with Gasteiger partial charge in [-0.15, -0.1) is 0 Å². The molecule has 3 rings (SSSR count). The zero-order valence-corrected chi connectivity index (χ0v) is 10.7. The molecule has 0 spiro atoms. The first-order valence-electron chi connectivity index (χ1n) is 5.97. The first-order chi connectivity index (χ1) is 9.13. The lowest BCUT2D eigenvalue weighted by Gasteiger charge is -2.07. The van der Waals surface area contributed by atoms with Crippen LogP contribution in [0, 0.1) is 5.82 Å². The van der Waals surface area contributed by atoms with Gasteiger partial charge in [0.15, 0.2) is 0 Å². The molecule has 1 aliphatic carbocycles. The Bertz CT molecular complexity index is 699. The summed E-state index contributed by atoms with van der Waals surface area (Å²) < 4.78 is 13.3. The van der Waals surface area contributed by atoms with E-state index in [1.165, 1.54) is 12.1 Å². The van der Waals surface area contributed by atoms with Gasteiger partial charge in [-0.05, 0) is 37.5 Å². The minimum absolute atomic E-state index is 0.0564. The van der Waals surface area contributed by atoms with E-state index in [2.05, 4.69) is 15.3 Å². The van der Waals surface area contributed by atoms with Crippen LogP contribution in [-0.4, -0.2) is 9.97 Å². The van der Waals surface area contributed by atoms with Crippen LogP contribution in [0.1, 0.15) is 17.7 Å². The predicted molar refractivity (Wildman–Crippen MR) is 71.6 cm³/mol. The fraction of sp³-hybridized carbons (Fsp3) is 0.231. The monoisotopic (exact) mass is 279 g/mol. The Hall–Kier alpha value is -1.88. The third kappa shape index (κ3) is 2.33. The minimum Gasteiger partial charge on any atom is -0.326 e. The zero-order chi connectivity index (χ0) is 13.4. The van der Waals surface area contributed by atoms with Gasteiger partial charge in [-0.1, -0.05) is 11.6 Å². The molecule has 0 radical (unpaired) electrons. The van der Waals surface area contributed by atoms with Crippen molar-refractivity contribution in [2.45, 2.75) is 19.3 Å². The number of aryl methyl sites for hydroxylation is 1. The van der Waals surface area contributed by atoms with Crippen LogP contribution in [0.4, 0.5) is 16.0 Å². The second-order valence-electron chi connectivity index (χ2n) is 4.45. The highest BCUT2D eigenvalue weighted by Crippen LogP contribution is 2.22. The van der Waals surface area contributed by atoms with Crippen LogP contribution in [0.2, 0.25) is 5.02 Å². The Morgan fingerprint density at radius 2 is 2.21 bits per heavy atom. The molecule has 0 saturated carbocycles. The van der Waals surface area contributed by atoms with Crippen LogP contribution in [0.3, 0.4) is 0 Å². The van der Waals surface area contributed by atoms with E-state index in [1.54, 1.807) is 6.07 Å². The van der Waals surface area contributed by atoms with Crippen molar-refractivity contribution in [3.05, 3.63) is 50.7 Å². The zero-order valence-electron chi connectivity index (χ0n) is 9.96.